The Morgan fingerprint density at radius 2 is 1.73 bits per heavy atom. The Bertz CT molecular complexity index is 1110. The first-order valence-electron chi connectivity index (χ1n) is 11.1. The third kappa shape index (κ3) is 6.27. The van der Waals surface area contributed by atoms with Gasteiger partial charge in [-0.25, -0.2) is 0 Å². The lowest BCUT2D eigenvalue weighted by Gasteiger charge is -2.14. The second-order valence-electron chi connectivity index (χ2n) is 7.80. The van der Waals surface area contributed by atoms with Gasteiger partial charge in [0, 0.05) is 12.8 Å². The van der Waals surface area contributed by atoms with Gasteiger partial charge in [0.25, 0.3) is 0 Å². The molecule has 6 heteroatoms. The second kappa shape index (κ2) is 11.1. The van der Waals surface area contributed by atoms with Crippen molar-refractivity contribution in [3.63, 3.8) is 0 Å². The van der Waals surface area contributed by atoms with Crippen LogP contribution in [0.15, 0.2) is 72.8 Å². The van der Waals surface area contributed by atoms with Crippen molar-refractivity contribution < 1.29 is 19.0 Å². The van der Waals surface area contributed by atoms with E-state index in [9.17, 15) is 10.1 Å². The van der Waals surface area contributed by atoms with Crippen LogP contribution in [0.25, 0.3) is 0 Å². The van der Waals surface area contributed by atoms with E-state index in [1.165, 1.54) is 0 Å². The van der Waals surface area contributed by atoms with Gasteiger partial charge in [-0.2, -0.15) is 5.26 Å². The van der Waals surface area contributed by atoms with E-state index >= 15 is 0 Å². The summed E-state index contributed by atoms with van der Waals surface area (Å²) in [6, 6.07) is 24.3. The molecule has 3 aromatic carbocycles. The molecule has 0 radical (unpaired) electrons. The highest BCUT2D eigenvalue weighted by molar-refractivity contribution is 5.77. The Morgan fingerprint density at radius 1 is 0.970 bits per heavy atom. The number of rotatable bonds is 8. The summed E-state index contributed by atoms with van der Waals surface area (Å²) in [5.74, 6) is 1.98. The Labute approximate surface area is 193 Å². The molecule has 1 N–H and O–H groups in total. The summed E-state index contributed by atoms with van der Waals surface area (Å²) >= 11 is 0. The maximum Gasteiger partial charge on any atom is 0.221 e. The average Bonchev–Trinajstić information content (AvgIpc) is 3.11. The number of amides is 1. The Hall–Kier alpha value is -3.98. The number of aryl methyl sites for hydroxylation is 1. The Morgan fingerprint density at radius 3 is 2.48 bits per heavy atom. The monoisotopic (exact) mass is 442 g/mol. The van der Waals surface area contributed by atoms with Gasteiger partial charge in [-0.1, -0.05) is 48.5 Å². The Balaban J connectivity index is 1.29. The van der Waals surface area contributed by atoms with Crippen molar-refractivity contribution in [1.29, 1.82) is 5.26 Å². The highest BCUT2D eigenvalue weighted by atomic mass is 16.5. The fourth-order valence-corrected chi connectivity index (χ4v) is 3.54. The predicted octanol–water partition coefficient (Wildman–Crippen LogP) is 4.74. The second-order valence-corrected chi connectivity index (χ2v) is 7.80. The van der Waals surface area contributed by atoms with Crippen LogP contribution >= 0.6 is 0 Å². The molecule has 1 heterocycles. The molecule has 0 bridgehead atoms. The lowest BCUT2D eigenvalue weighted by Crippen LogP contribution is -2.27. The molecule has 1 atom stereocenters. The third-order valence-electron chi connectivity index (χ3n) is 5.35. The first kappa shape index (κ1) is 22.2. The smallest absolute Gasteiger partial charge is 0.221 e. The number of fused-ring (bicyclic) bond motifs is 1. The fourth-order valence-electron chi connectivity index (χ4n) is 3.54. The summed E-state index contributed by atoms with van der Waals surface area (Å²) in [7, 11) is 0. The molecule has 33 heavy (non-hydrogen) atoms. The van der Waals surface area contributed by atoms with Crippen molar-refractivity contribution in [3.8, 4) is 23.3 Å². The lowest BCUT2D eigenvalue weighted by molar-refractivity contribution is -0.121. The van der Waals surface area contributed by atoms with E-state index in [4.69, 9.17) is 14.2 Å². The van der Waals surface area contributed by atoms with Crippen LogP contribution in [0.4, 0.5) is 0 Å². The molecule has 3 aromatic rings. The van der Waals surface area contributed by atoms with Crippen LogP contribution in [0.3, 0.4) is 0 Å². The molecule has 0 saturated carbocycles. The van der Waals surface area contributed by atoms with Gasteiger partial charge in [-0.3, -0.25) is 4.79 Å². The number of nitrogens with zero attached hydrogens (tertiary/aromatic N) is 1. The molecule has 1 aliphatic rings. The summed E-state index contributed by atoms with van der Waals surface area (Å²) in [6.45, 7) is 1.74. The number of ether oxygens (including phenoxy) is 3. The highest BCUT2D eigenvalue weighted by Gasteiger charge is 2.15. The van der Waals surface area contributed by atoms with Gasteiger partial charge in [-0.15, -0.1) is 0 Å². The zero-order valence-corrected chi connectivity index (χ0v) is 18.3. The van der Waals surface area contributed by atoms with Gasteiger partial charge in [0.15, 0.2) is 11.5 Å². The number of nitrogens with one attached hydrogen (secondary N) is 1. The average molecular weight is 443 g/mol. The number of carbonyl (C=O) groups is 1. The standard InChI is InChI=1S/C27H26N2O4/c28-18-24(22-9-11-23(12-10-22)33-19-21-5-2-1-3-6-21)29-27(30)14-8-20-7-13-25-26(17-20)32-16-4-15-31-25/h1-3,5-7,9-13,17,24H,4,8,14-16,19H2,(H,29,30). The fraction of sp³-hybridized carbons (Fsp3) is 0.259. The van der Waals surface area contributed by atoms with Crippen molar-refractivity contribution in [2.45, 2.75) is 31.9 Å². The molecule has 0 spiro atoms. The summed E-state index contributed by atoms with van der Waals surface area (Å²) in [4.78, 5) is 12.5. The van der Waals surface area contributed by atoms with Gasteiger partial charge in [-0.05, 0) is 47.4 Å². The van der Waals surface area contributed by atoms with E-state index in [2.05, 4.69) is 11.4 Å². The molecule has 1 amide bonds. The molecule has 4 rings (SSSR count). The molecular weight excluding hydrogens is 416 g/mol. The van der Waals surface area contributed by atoms with E-state index in [0.29, 0.717) is 37.6 Å². The SMILES string of the molecule is N#CC(NC(=O)CCc1ccc2c(c1)OCCCO2)c1ccc(OCc2ccccc2)cc1. The quantitative estimate of drug-likeness (QED) is 0.545. The van der Waals surface area contributed by atoms with Crippen molar-refractivity contribution in [1.82, 2.24) is 5.32 Å². The molecule has 0 fully saturated rings. The van der Waals surface area contributed by atoms with E-state index in [0.717, 1.165) is 29.0 Å². The molecule has 1 unspecified atom stereocenters. The van der Waals surface area contributed by atoms with Gasteiger partial charge in [0.05, 0.1) is 19.3 Å². The van der Waals surface area contributed by atoms with E-state index in [-0.39, 0.29) is 12.3 Å². The van der Waals surface area contributed by atoms with Crippen LogP contribution < -0.4 is 19.5 Å². The number of carbonyl (C=O) groups excluding carboxylic acids is 1. The molecular formula is C27H26N2O4. The summed E-state index contributed by atoms with van der Waals surface area (Å²) in [5.41, 5.74) is 2.79. The van der Waals surface area contributed by atoms with Gasteiger partial charge in [0.1, 0.15) is 18.4 Å². The lowest BCUT2D eigenvalue weighted by atomic mass is 10.1. The zero-order valence-electron chi connectivity index (χ0n) is 18.3. The van der Waals surface area contributed by atoms with Crippen LogP contribution in [0.5, 0.6) is 17.2 Å². The zero-order chi connectivity index (χ0) is 22.9. The minimum absolute atomic E-state index is 0.182. The summed E-state index contributed by atoms with van der Waals surface area (Å²) < 4.78 is 17.1. The molecule has 0 aliphatic carbocycles. The van der Waals surface area contributed by atoms with Gasteiger partial charge >= 0.3 is 0 Å². The minimum Gasteiger partial charge on any atom is -0.490 e. The van der Waals surface area contributed by atoms with E-state index < -0.39 is 6.04 Å². The molecule has 0 aromatic heterocycles. The normalized spacial score (nSPS) is 13.3. The van der Waals surface area contributed by atoms with Crippen molar-refractivity contribution in [2.75, 3.05) is 13.2 Å². The molecule has 168 valence electrons. The van der Waals surface area contributed by atoms with Crippen LogP contribution in [0.1, 0.15) is 35.6 Å². The number of nitriles is 1. The van der Waals surface area contributed by atoms with Gasteiger partial charge < -0.3 is 19.5 Å². The summed E-state index contributed by atoms with van der Waals surface area (Å²) in [5, 5.41) is 12.4. The Kier molecular flexibility index (Phi) is 7.44. The minimum atomic E-state index is -0.718. The number of hydrogen-bond donors (Lipinski definition) is 1. The largest absolute Gasteiger partial charge is 0.490 e. The van der Waals surface area contributed by atoms with Crippen LogP contribution in [-0.4, -0.2) is 19.1 Å². The molecule has 0 saturated heterocycles. The maximum absolute atomic E-state index is 12.5. The highest BCUT2D eigenvalue weighted by Crippen LogP contribution is 2.30. The van der Waals surface area contributed by atoms with Crippen LogP contribution in [0, 0.1) is 11.3 Å². The van der Waals surface area contributed by atoms with Crippen LogP contribution in [-0.2, 0) is 17.8 Å². The topological polar surface area (TPSA) is 80.6 Å². The first-order valence-corrected chi connectivity index (χ1v) is 11.1. The van der Waals surface area contributed by atoms with Gasteiger partial charge in [0.2, 0.25) is 5.91 Å². The molecule has 6 nitrogen and oxygen atoms in total. The number of hydrogen-bond acceptors (Lipinski definition) is 5. The number of benzene rings is 3. The first-order chi connectivity index (χ1) is 16.2. The van der Waals surface area contributed by atoms with Crippen molar-refractivity contribution in [3.05, 3.63) is 89.5 Å². The third-order valence-corrected chi connectivity index (χ3v) is 5.35. The maximum atomic E-state index is 12.5. The van der Waals surface area contributed by atoms with E-state index in [1.807, 2.05) is 60.7 Å². The van der Waals surface area contributed by atoms with E-state index in [1.54, 1.807) is 12.1 Å². The molecule has 1 aliphatic heterocycles. The van der Waals surface area contributed by atoms with Crippen molar-refractivity contribution in [2.24, 2.45) is 0 Å². The van der Waals surface area contributed by atoms with Crippen molar-refractivity contribution >= 4 is 5.91 Å². The van der Waals surface area contributed by atoms with Crippen LogP contribution in [0.2, 0.25) is 0 Å². The predicted molar refractivity (Wildman–Crippen MR) is 124 cm³/mol. The summed E-state index contributed by atoms with van der Waals surface area (Å²) in [6.07, 6.45) is 1.67.